The van der Waals surface area contributed by atoms with E-state index in [9.17, 15) is 4.79 Å². The van der Waals surface area contributed by atoms with Crippen molar-refractivity contribution >= 4 is 23.3 Å². The van der Waals surface area contributed by atoms with Crippen LogP contribution >= 0.6 is 0 Å². The molecule has 0 N–H and O–H groups in total. The Bertz CT molecular complexity index is 145. The molecule has 0 aliphatic carbocycles. The summed E-state index contributed by atoms with van der Waals surface area (Å²) in [4.78, 5) is 13.9. The number of amides is 1. The molecular weight excluding hydrogens is 158 g/mol. The summed E-state index contributed by atoms with van der Waals surface area (Å²) in [6.45, 7) is 5.50. The molecule has 0 fully saturated rings. The van der Waals surface area contributed by atoms with Gasteiger partial charge in [-0.05, 0) is 17.4 Å². The van der Waals surface area contributed by atoms with Gasteiger partial charge in [-0.1, -0.05) is 19.6 Å². The van der Waals surface area contributed by atoms with Crippen LogP contribution in [0.3, 0.4) is 0 Å². The van der Waals surface area contributed by atoms with E-state index in [0.29, 0.717) is 0 Å². The van der Waals surface area contributed by atoms with Crippen molar-refractivity contribution in [3.05, 3.63) is 12.7 Å². The second kappa shape index (κ2) is 9.10. The first-order valence-electron chi connectivity index (χ1n) is 3.11. The Morgan fingerprint density at radius 2 is 2.36 bits per heavy atom. The minimum absolute atomic E-state index is 0. The van der Waals surface area contributed by atoms with E-state index in [4.69, 9.17) is 0 Å². The molecule has 4 heteroatoms. The summed E-state index contributed by atoms with van der Waals surface area (Å²) in [7, 11) is 0. The normalized spacial score (nSPS) is 8.82. The molecule has 0 atom stereocenters. The second-order valence-corrected chi connectivity index (χ2v) is 1.59. The van der Waals surface area contributed by atoms with E-state index < -0.39 is 6.09 Å². The van der Waals surface area contributed by atoms with Gasteiger partial charge in [-0.3, -0.25) is 0 Å². The smallest absolute Gasteiger partial charge is 0.433 e. The topological polar surface area (TPSA) is 38.7 Å². The minimum Gasteiger partial charge on any atom is -0.444 e. The Kier molecular flexibility index (Phi) is 10.5. The monoisotopic (exact) mass is 173 g/mol. The zero-order valence-corrected chi connectivity index (χ0v) is 6.04. The molecule has 0 heterocycles. The van der Waals surface area contributed by atoms with Gasteiger partial charge in [0.05, 0.1) is 0 Å². The van der Waals surface area contributed by atoms with E-state index in [2.05, 4.69) is 16.3 Å². The molecule has 0 bridgehead atoms. The molecule has 64 valence electrons. The summed E-state index contributed by atoms with van der Waals surface area (Å²) < 4.78 is 4.54. The third kappa shape index (κ3) is 9.10. The third-order valence-electron chi connectivity index (χ3n) is 0.704. The molecule has 0 saturated heterocycles. The van der Waals surface area contributed by atoms with Crippen LogP contribution in [0.15, 0.2) is 17.6 Å². The lowest BCUT2D eigenvalue weighted by molar-refractivity contribution is 0.170. The van der Waals surface area contributed by atoms with Crippen molar-refractivity contribution in [1.82, 2.24) is 0 Å². The van der Waals surface area contributed by atoms with Crippen LogP contribution in [0.4, 0.5) is 4.79 Å². The number of hydrogen-bond donors (Lipinski definition) is 0. The summed E-state index contributed by atoms with van der Waals surface area (Å²) in [6.07, 6.45) is 3.19. The molecule has 0 aromatic carbocycles. The second-order valence-electron chi connectivity index (χ2n) is 1.59. The van der Waals surface area contributed by atoms with Crippen LogP contribution in [0.5, 0.6) is 0 Å². The molecule has 0 aromatic rings. The fraction of sp³-hybridized carbons (Fsp3) is 0.429. The van der Waals surface area contributed by atoms with Gasteiger partial charge in [0.1, 0.15) is 6.61 Å². The van der Waals surface area contributed by atoms with Gasteiger partial charge in [0.2, 0.25) is 0 Å². The highest BCUT2D eigenvalue weighted by Gasteiger charge is 1.92. The molecule has 0 radical (unpaired) electrons. The number of rotatable bonds is 3. The van der Waals surface area contributed by atoms with Gasteiger partial charge in [-0.15, -0.1) is 0 Å². The van der Waals surface area contributed by atoms with E-state index in [1.54, 1.807) is 0 Å². The fourth-order valence-corrected chi connectivity index (χ4v) is 0.333. The van der Waals surface area contributed by atoms with Crippen LogP contribution in [-0.4, -0.2) is 29.9 Å². The van der Waals surface area contributed by atoms with Crippen LogP contribution < -0.4 is 0 Å². The van der Waals surface area contributed by atoms with Crippen LogP contribution in [0.1, 0.15) is 13.3 Å². The number of carbonyl (C=O) groups excluding carboxylic acids is 1. The zero-order chi connectivity index (χ0) is 7.82. The van der Waals surface area contributed by atoms with Gasteiger partial charge in [0.15, 0.2) is 0 Å². The van der Waals surface area contributed by atoms with Crippen LogP contribution in [-0.2, 0) is 4.74 Å². The number of hydrogen-bond acceptors (Lipinski definition) is 2. The van der Waals surface area contributed by atoms with Gasteiger partial charge in [-0.25, -0.2) is 4.79 Å². The summed E-state index contributed by atoms with van der Waals surface area (Å²) in [5.41, 5.74) is 0. The molecule has 3 nitrogen and oxygen atoms in total. The fourth-order valence-electron chi connectivity index (χ4n) is 0.333. The maximum Gasteiger partial charge on any atom is 0.433 e. The van der Waals surface area contributed by atoms with E-state index in [-0.39, 0.29) is 17.6 Å². The Balaban J connectivity index is 0. The number of aliphatic imine (C=N–C) groups is 1. The molecule has 0 aliphatic rings. The highest BCUT2D eigenvalue weighted by atomic mass is 28.1. The molecular formula is C7H15NO2Si. The SMILES string of the molecule is C=CCOC(=O)N=CCC.[SiH4]. The standard InChI is InChI=1S/C7H11NO2.H4Si/c1-3-5-8-7(9)10-6-4-2;/h4-5H,2-3,6H2,1H3;1H4. The van der Waals surface area contributed by atoms with Gasteiger partial charge in [0, 0.05) is 6.21 Å². The first-order chi connectivity index (χ1) is 4.81. The number of carbonyl (C=O) groups is 1. The minimum atomic E-state index is -0.554. The van der Waals surface area contributed by atoms with Crippen LogP contribution in [0, 0.1) is 0 Å². The van der Waals surface area contributed by atoms with E-state index >= 15 is 0 Å². The Labute approximate surface area is 71.2 Å². The Morgan fingerprint density at radius 3 is 2.82 bits per heavy atom. The number of ether oxygens (including phenoxy) is 1. The van der Waals surface area contributed by atoms with E-state index in [1.165, 1.54) is 12.3 Å². The van der Waals surface area contributed by atoms with Crippen molar-refractivity contribution in [3.8, 4) is 0 Å². The average Bonchev–Trinajstić information content (AvgIpc) is 1.97. The van der Waals surface area contributed by atoms with Gasteiger partial charge in [-0.2, -0.15) is 4.99 Å². The van der Waals surface area contributed by atoms with E-state index in [1.807, 2.05) is 6.92 Å². The van der Waals surface area contributed by atoms with Crippen LogP contribution in [0.25, 0.3) is 0 Å². The highest BCUT2D eigenvalue weighted by molar-refractivity contribution is 5.79. The molecule has 0 unspecified atom stereocenters. The van der Waals surface area contributed by atoms with E-state index in [0.717, 1.165) is 6.42 Å². The number of nitrogens with zero attached hydrogens (tertiary/aromatic N) is 1. The first kappa shape index (κ1) is 12.7. The first-order valence-corrected chi connectivity index (χ1v) is 3.11. The molecule has 1 amide bonds. The van der Waals surface area contributed by atoms with Crippen molar-refractivity contribution < 1.29 is 9.53 Å². The molecule has 0 aromatic heterocycles. The lowest BCUT2D eigenvalue weighted by atomic mass is 10.5. The predicted octanol–water partition coefficient (Wildman–Crippen LogP) is 0.338. The summed E-state index contributed by atoms with van der Waals surface area (Å²) in [5, 5.41) is 0. The van der Waals surface area contributed by atoms with Gasteiger partial charge >= 0.3 is 6.09 Å². The predicted molar refractivity (Wildman–Crippen MR) is 51.7 cm³/mol. The van der Waals surface area contributed by atoms with Crippen molar-refractivity contribution in [1.29, 1.82) is 0 Å². The summed E-state index contributed by atoms with van der Waals surface area (Å²) in [6, 6.07) is 0. The summed E-state index contributed by atoms with van der Waals surface area (Å²) >= 11 is 0. The molecule has 0 spiro atoms. The molecule has 0 aliphatic heterocycles. The lowest BCUT2D eigenvalue weighted by Crippen LogP contribution is -1.97. The van der Waals surface area contributed by atoms with Gasteiger partial charge < -0.3 is 4.74 Å². The lowest BCUT2D eigenvalue weighted by Gasteiger charge is -1.92. The largest absolute Gasteiger partial charge is 0.444 e. The highest BCUT2D eigenvalue weighted by Crippen LogP contribution is 1.83. The molecule has 0 saturated carbocycles. The Hall–Kier alpha value is -0.903. The third-order valence-corrected chi connectivity index (χ3v) is 0.704. The average molecular weight is 173 g/mol. The van der Waals surface area contributed by atoms with Gasteiger partial charge in [0.25, 0.3) is 0 Å². The quantitative estimate of drug-likeness (QED) is 0.351. The van der Waals surface area contributed by atoms with Crippen LogP contribution in [0.2, 0.25) is 0 Å². The zero-order valence-electron chi connectivity index (χ0n) is 6.04. The maximum absolute atomic E-state index is 10.5. The Morgan fingerprint density at radius 1 is 1.73 bits per heavy atom. The molecule has 0 rings (SSSR count). The summed E-state index contributed by atoms with van der Waals surface area (Å²) in [5.74, 6) is 0. The van der Waals surface area contributed by atoms with Crippen molar-refractivity contribution in [2.24, 2.45) is 4.99 Å². The van der Waals surface area contributed by atoms with Crippen molar-refractivity contribution in [2.45, 2.75) is 13.3 Å². The van der Waals surface area contributed by atoms with Crippen molar-refractivity contribution in [2.75, 3.05) is 6.61 Å². The molecule has 11 heavy (non-hydrogen) atoms. The maximum atomic E-state index is 10.5. The van der Waals surface area contributed by atoms with Crippen molar-refractivity contribution in [3.63, 3.8) is 0 Å².